The normalized spacial score (nSPS) is 17.0. The van der Waals surface area contributed by atoms with E-state index >= 15 is 0 Å². The molecule has 0 radical (unpaired) electrons. The van der Waals surface area contributed by atoms with Crippen molar-refractivity contribution in [2.75, 3.05) is 6.54 Å². The van der Waals surface area contributed by atoms with Crippen molar-refractivity contribution in [1.82, 2.24) is 5.32 Å². The molecule has 1 N–H and O–H groups in total. The summed E-state index contributed by atoms with van der Waals surface area (Å²) in [5.74, 6) is 0.953. The highest BCUT2D eigenvalue weighted by Gasteiger charge is 2.12. The minimum absolute atomic E-state index is 0.808. The Morgan fingerprint density at radius 1 is 1.22 bits per heavy atom. The van der Waals surface area contributed by atoms with Crippen molar-refractivity contribution in [1.29, 1.82) is 0 Å². The largest absolute Gasteiger partial charge is 0.313 e. The van der Waals surface area contributed by atoms with Crippen molar-refractivity contribution in [3.63, 3.8) is 0 Å². The standard InChI is InChI=1S/C15H21BrClN/c16-15-7-6-14(17)10-13(15)11-18-9-8-12-4-2-1-3-5-12/h6-7,10,12,18H,1-5,8-9,11H2. The van der Waals surface area contributed by atoms with E-state index in [1.165, 1.54) is 44.1 Å². The maximum atomic E-state index is 6.00. The highest BCUT2D eigenvalue weighted by Crippen LogP contribution is 2.26. The van der Waals surface area contributed by atoms with Gasteiger partial charge in [0.05, 0.1) is 0 Å². The van der Waals surface area contributed by atoms with E-state index in [1.54, 1.807) is 0 Å². The van der Waals surface area contributed by atoms with Gasteiger partial charge in [-0.15, -0.1) is 0 Å². The van der Waals surface area contributed by atoms with E-state index in [0.717, 1.165) is 28.5 Å². The number of benzene rings is 1. The zero-order chi connectivity index (χ0) is 12.8. The molecule has 1 nitrogen and oxygen atoms in total. The van der Waals surface area contributed by atoms with Gasteiger partial charge in [-0.3, -0.25) is 0 Å². The molecule has 0 unspecified atom stereocenters. The van der Waals surface area contributed by atoms with Crippen LogP contribution in [0.5, 0.6) is 0 Å². The molecule has 2 rings (SSSR count). The lowest BCUT2D eigenvalue weighted by Crippen LogP contribution is -2.19. The predicted molar refractivity (Wildman–Crippen MR) is 82.1 cm³/mol. The molecular formula is C15H21BrClN. The van der Waals surface area contributed by atoms with Crippen molar-refractivity contribution in [2.24, 2.45) is 5.92 Å². The van der Waals surface area contributed by atoms with Crippen LogP contribution in [0, 0.1) is 5.92 Å². The van der Waals surface area contributed by atoms with Crippen LogP contribution in [0.2, 0.25) is 5.02 Å². The first-order valence-corrected chi connectivity index (χ1v) is 8.07. The minimum Gasteiger partial charge on any atom is -0.313 e. The number of hydrogen-bond acceptors (Lipinski definition) is 1. The van der Waals surface area contributed by atoms with Gasteiger partial charge in [0.25, 0.3) is 0 Å². The van der Waals surface area contributed by atoms with Crippen LogP contribution in [0.15, 0.2) is 22.7 Å². The Morgan fingerprint density at radius 3 is 2.78 bits per heavy atom. The number of nitrogens with one attached hydrogen (secondary N) is 1. The van der Waals surface area contributed by atoms with E-state index in [0.29, 0.717) is 0 Å². The van der Waals surface area contributed by atoms with Crippen LogP contribution in [0.3, 0.4) is 0 Å². The summed E-state index contributed by atoms with van der Waals surface area (Å²) in [7, 11) is 0. The monoisotopic (exact) mass is 329 g/mol. The van der Waals surface area contributed by atoms with Gasteiger partial charge in [0, 0.05) is 16.0 Å². The third-order valence-electron chi connectivity index (χ3n) is 3.78. The molecule has 0 atom stereocenters. The van der Waals surface area contributed by atoms with Gasteiger partial charge >= 0.3 is 0 Å². The Labute approximate surface area is 123 Å². The Bertz CT molecular complexity index is 375. The molecule has 0 aliphatic heterocycles. The van der Waals surface area contributed by atoms with E-state index in [-0.39, 0.29) is 0 Å². The van der Waals surface area contributed by atoms with E-state index in [4.69, 9.17) is 11.6 Å². The lowest BCUT2D eigenvalue weighted by molar-refractivity contribution is 0.334. The number of rotatable bonds is 5. The van der Waals surface area contributed by atoms with Crippen molar-refractivity contribution < 1.29 is 0 Å². The smallest absolute Gasteiger partial charge is 0.0410 e. The summed E-state index contributed by atoms with van der Waals surface area (Å²) < 4.78 is 1.14. The average Bonchev–Trinajstić information content (AvgIpc) is 2.40. The molecule has 1 aromatic rings. The van der Waals surface area contributed by atoms with Gasteiger partial charge in [-0.2, -0.15) is 0 Å². The van der Waals surface area contributed by atoms with Gasteiger partial charge in [0.1, 0.15) is 0 Å². The lowest BCUT2D eigenvalue weighted by atomic mass is 9.87. The van der Waals surface area contributed by atoms with Crippen molar-refractivity contribution in [3.8, 4) is 0 Å². The number of hydrogen-bond donors (Lipinski definition) is 1. The molecule has 1 aliphatic rings. The predicted octanol–water partition coefficient (Wildman–Crippen LogP) is 5.16. The topological polar surface area (TPSA) is 12.0 Å². The van der Waals surface area contributed by atoms with E-state index in [2.05, 4.69) is 21.2 Å². The van der Waals surface area contributed by atoms with E-state index in [1.807, 2.05) is 18.2 Å². The SMILES string of the molecule is Clc1ccc(Br)c(CNCCC2CCCCC2)c1. The number of halogens is 2. The molecule has 1 aromatic carbocycles. The van der Waals surface area contributed by atoms with Crippen LogP contribution in [0.25, 0.3) is 0 Å². The second-order valence-corrected chi connectivity index (χ2v) is 6.50. The summed E-state index contributed by atoms with van der Waals surface area (Å²) in [6.07, 6.45) is 8.50. The van der Waals surface area contributed by atoms with Gasteiger partial charge < -0.3 is 5.32 Å². The Kier molecular flexibility index (Phi) is 6.00. The van der Waals surface area contributed by atoms with Crippen LogP contribution in [0.1, 0.15) is 44.1 Å². The fourth-order valence-electron chi connectivity index (χ4n) is 2.68. The first-order valence-electron chi connectivity index (χ1n) is 6.90. The Balaban J connectivity index is 1.69. The van der Waals surface area contributed by atoms with Crippen LogP contribution < -0.4 is 5.32 Å². The van der Waals surface area contributed by atoms with Crippen LogP contribution in [-0.4, -0.2) is 6.54 Å². The van der Waals surface area contributed by atoms with Crippen LogP contribution in [-0.2, 0) is 6.54 Å². The first-order chi connectivity index (χ1) is 8.75. The molecule has 0 bridgehead atoms. The van der Waals surface area contributed by atoms with Crippen LogP contribution >= 0.6 is 27.5 Å². The molecule has 1 saturated carbocycles. The van der Waals surface area contributed by atoms with Crippen molar-refractivity contribution in [2.45, 2.75) is 45.1 Å². The fraction of sp³-hybridized carbons (Fsp3) is 0.600. The van der Waals surface area contributed by atoms with Gasteiger partial charge in [-0.1, -0.05) is 59.6 Å². The van der Waals surface area contributed by atoms with Crippen LogP contribution in [0.4, 0.5) is 0 Å². The first kappa shape index (κ1) is 14.4. The maximum absolute atomic E-state index is 6.00. The highest BCUT2D eigenvalue weighted by atomic mass is 79.9. The average molecular weight is 331 g/mol. The second kappa shape index (κ2) is 7.52. The molecule has 100 valence electrons. The zero-order valence-corrected chi connectivity index (χ0v) is 13.1. The lowest BCUT2D eigenvalue weighted by Gasteiger charge is -2.21. The molecule has 0 heterocycles. The molecule has 3 heteroatoms. The highest BCUT2D eigenvalue weighted by molar-refractivity contribution is 9.10. The summed E-state index contributed by atoms with van der Waals surface area (Å²) in [5, 5.41) is 4.34. The molecule has 18 heavy (non-hydrogen) atoms. The van der Waals surface area contributed by atoms with Gasteiger partial charge in [-0.05, 0) is 42.6 Å². The summed E-state index contributed by atoms with van der Waals surface area (Å²) in [5.41, 5.74) is 1.24. The summed E-state index contributed by atoms with van der Waals surface area (Å²) in [6, 6.07) is 5.96. The molecule has 0 amide bonds. The van der Waals surface area contributed by atoms with Gasteiger partial charge in [-0.25, -0.2) is 0 Å². The van der Waals surface area contributed by atoms with Gasteiger partial charge in [0.15, 0.2) is 0 Å². The quantitative estimate of drug-likeness (QED) is 0.735. The molecule has 0 aromatic heterocycles. The van der Waals surface area contributed by atoms with E-state index in [9.17, 15) is 0 Å². The third-order valence-corrected chi connectivity index (χ3v) is 4.79. The summed E-state index contributed by atoms with van der Waals surface area (Å²) >= 11 is 9.56. The van der Waals surface area contributed by atoms with Crippen molar-refractivity contribution in [3.05, 3.63) is 33.3 Å². The molecular weight excluding hydrogens is 310 g/mol. The zero-order valence-electron chi connectivity index (χ0n) is 10.7. The third kappa shape index (κ3) is 4.56. The summed E-state index contributed by atoms with van der Waals surface area (Å²) in [4.78, 5) is 0. The Hall–Kier alpha value is -0.0500. The maximum Gasteiger partial charge on any atom is 0.0410 e. The molecule has 0 spiro atoms. The molecule has 0 saturated heterocycles. The summed E-state index contributed by atoms with van der Waals surface area (Å²) in [6.45, 7) is 2.01. The van der Waals surface area contributed by atoms with Crippen molar-refractivity contribution >= 4 is 27.5 Å². The second-order valence-electron chi connectivity index (χ2n) is 5.21. The molecule has 1 aliphatic carbocycles. The van der Waals surface area contributed by atoms with Gasteiger partial charge in [0.2, 0.25) is 0 Å². The van der Waals surface area contributed by atoms with E-state index < -0.39 is 0 Å². The Morgan fingerprint density at radius 2 is 2.00 bits per heavy atom. The molecule has 1 fully saturated rings. The fourth-order valence-corrected chi connectivity index (χ4v) is 3.27. The minimum atomic E-state index is 0.808.